The van der Waals surface area contributed by atoms with Gasteiger partial charge < -0.3 is 4.74 Å². The molecular formula is C12H11FO3. The monoisotopic (exact) mass is 222 g/mol. The van der Waals surface area contributed by atoms with Crippen LogP contribution in [-0.2, 0) is 9.53 Å². The average Bonchev–Trinajstić information content (AvgIpc) is 2.25. The van der Waals surface area contributed by atoms with E-state index in [1.54, 1.807) is 6.07 Å². The Bertz CT molecular complexity index is 446. The van der Waals surface area contributed by atoms with Crippen molar-refractivity contribution in [2.75, 3.05) is 7.11 Å². The van der Waals surface area contributed by atoms with Crippen molar-refractivity contribution in [3.05, 3.63) is 35.1 Å². The molecule has 16 heavy (non-hydrogen) atoms. The van der Waals surface area contributed by atoms with Crippen LogP contribution < -0.4 is 0 Å². The summed E-state index contributed by atoms with van der Waals surface area (Å²) in [4.78, 5) is 22.1. The van der Waals surface area contributed by atoms with E-state index in [0.717, 1.165) is 5.56 Å². The third kappa shape index (κ3) is 1.83. The predicted octanol–water partition coefficient (Wildman–Crippen LogP) is 2.06. The van der Waals surface area contributed by atoms with Gasteiger partial charge in [0, 0.05) is 12.8 Å². The number of carbonyl (C=O) groups excluding carboxylic acids is 2. The highest BCUT2D eigenvalue weighted by atomic mass is 19.1. The number of carbonyl (C=O) groups is 2. The molecule has 4 heteroatoms. The fourth-order valence-electron chi connectivity index (χ4n) is 1.79. The van der Waals surface area contributed by atoms with Gasteiger partial charge in [0.05, 0.1) is 12.7 Å². The average molecular weight is 222 g/mol. The van der Waals surface area contributed by atoms with Crippen molar-refractivity contribution in [1.29, 1.82) is 0 Å². The van der Waals surface area contributed by atoms with Gasteiger partial charge in [-0.3, -0.25) is 4.79 Å². The van der Waals surface area contributed by atoms with Gasteiger partial charge in [-0.05, 0) is 23.6 Å². The maximum absolute atomic E-state index is 13.3. The summed E-state index contributed by atoms with van der Waals surface area (Å²) in [6.07, 6.45) is 0.957. The minimum Gasteiger partial charge on any atom is -0.465 e. The van der Waals surface area contributed by atoms with Crippen molar-refractivity contribution in [1.82, 2.24) is 0 Å². The minimum absolute atomic E-state index is 0.0700. The van der Waals surface area contributed by atoms with Crippen molar-refractivity contribution in [2.45, 2.75) is 18.8 Å². The topological polar surface area (TPSA) is 43.4 Å². The lowest BCUT2D eigenvalue weighted by atomic mass is 9.78. The van der Waals surface area contributed by atoms with Gasteiger partial charge >= 0.3 is 5.97 Å². The Morgan fingerprint density at radius 2 is 2.12 bits per heavy atom. The number of esters is 1. The molecule has 0 saturated heterocycles. The van der Waals surface area contributed by atoms with Gasteiger partial charge in [0.1, 0.15) is 11.6 Å². The van der Waals surface area contributed by atoms with Crippen LogP contribution in [0.1, 0.15) is 34.7 Å². The van der Waals surface area contributed by atoms with Gasteiger partial charge in [-0.2, -0.15) is 0 Å². The maximum Gasteiger partial charge on any atom is 0.340 e. The van der Waals surface area contributed by atoms with E-state index in [1.807, 2.05) is 0 Å². The van der Waals surface area contributed by atoms with Gasteiger partial charge in [-0.15, -0.1) is 0 Å². The van der Waals surface area contributed by atoms with E-state index in [4.69, 9.17) is 0 Å². The van der Waals surface area contributed by atoms with Gasteiger partial charge in [0.2, 0.25) is 0 Å². The van der Waals surface area contributed by atoms with Crippen LogP contribution in [-0.4, -0.2) is 18.9 Å². The smallest absolute Gasteiger partial charge is 0.340 e. The lowest BCUT2D eigenvalue weighted by molar-refractivity contribution is -0.124. The second-order valence-corrected chi connectivity index (χ2v) is 3.87. The molecule has 2 rings (SSSR count). The minimum atomic E-state index is -0.690. The number of Topliss-reactive ketones (excluding diaryl/α,β-unsaturated/α-hetero) is 1. The van der Waals surface area contributed by atoms with Gasteiger partial charge in [-0.25, -0.2) is 9.18 Å². The molecule has 0 atom stereocenters. The highest BCUT2D eigenvalue weighted by Gasteiger charge is 2.28. The first-order valence-corrected chi connectivity index (χ1v) is 5.01. The van der Waals surface area contributed by atoms with E-state index in [0.29, 0.717) is 12.8 Å². The van der Waals surface area contributed by atoms with Crippen LogP contribution in [0.2, 0.25) is 0 Å². The molecule has 0 spiro atoms. The zero-order valence-corrected chi connectivity index (χ0v) is 8.83. The Balaban J connectivity index is 2.28. The number of benzene rings is 1. The predicted molar refractivity (Wildman–Crippen MR) is 54.7 cm³/mol. The first kappa shape index (κ1) is 10.8. The van der Waals surface area contributed by atoms with E-state index in [1.165, 1.54) is 19.2 Å². The standard InChI is InChI=1S/C12H11FO3/c1-16-12(15)10-6-7(2-3-11(10)13)8-4-9(14)5-8/h2-3,6,8H,4-5H2,1H3. The number of ketones is 1. The van der Waals surface area contributed by atoms with Gasteiger partial charge in [0.15, 0.2) is 0 Å². The summed E-state index contributed by atoms with van der Waals surface area (Å²) < 4.78 is 17.8. The molecule has 0 unspecified atom stereocenters. The Kier molecular flexibility index (Phi) is 2.73. The Morgan fingerprint density at radius 1 is 1.44 bits per heavy atom. The van der Waals surface area contributed by atoms with Crippen LogP contribution in [0.25, 0.3) is 0 Å². The molecule has 3 nitrogen and oxygen atoms in total. The van der Waals surface area contributed by atoms with Crippen molar-refractivity contribution < 1.29 is 18.7 Å². The quantitative estimate of drug-likeness (QED) is 0.719. The van der Waals surface area contributed by atoms with Crippen molar-refractivity contribution >= 4 is 11.8 Å². The zero-order chi connectivity index (χ0) is 11.7. The zero-order valence-electron chi connectivity index (χ0n) is 8.83. The molecule has 0 aliphatic heterocycles. The molecule has 1 aliphatic rings. The molecule has 1 fully saturated rings. The first-order chi connectivity index (χ1) is 7.61. The van der Waals surface area contributed by atoms with E-state index in [2.05, 4.69) is 4.74 Å². The largest absolute Gasteiger partial charge is 0.465 e. The molecule has 84 valence electrons. The van der Waals surface area contributed by atoms with E-state index in [-0.39, 0.29) is 17.3 Å². The molecule has 1 aromatic rings. The molecule has 1 saturated carbocycles. The number of hydrogen-bond acceptors (Lipinski definition) is 3. The number of methoxy groups -OCH3 is 1. The van der Waals surface area contributed by atoms with Crippen LogP contribution in [0.4, 0.5) is 4.39 Å². The summed E-state index contributed by atoms with van der Waals surface area (Å²) in [5.41, 5.74) is 0.751. The number of halogens is 1. The third-order valence-corrected chi connectivity index (χ3v) is 2.82. The molecule has 0 aromatic heterocycles. The third-order valence-electron chi connectivity index (χ3n) is 2.82. The normalized spacial score (nSPS) is 15.8. The Hall–Kier alpha value is -1.71. The second kappa shape index (κ2) is 4.04. The molecule has 1 aromatic carbocycles. The molecule has 0 N–H and O–H groups in total. The number of rotatable bonds is 2. The molecule has 0 heterocycles. The van der Waals surface area contributed by atoms with Crippen LogP contribution in [0.15, 0.2) is 18.2 Å². The van der Waals surface area contributed by atoms with Crippen molar-refractivity contribution in [3.8, 4) is 0 Å². The maximum atomic E-state index is 13.3. The van der Waals surface area contributed by atoms with E-state index in [9.17, 15) is 14.0 Å². The highest BCUT2D eigenvalue weighted by molar-refractivity contribution is 5.90. The summed E-state index contributed by atoms with van der Waals surface area (Å²) in [6, 6.07) is 4.32. The fourth-order valence-corrected chi connectivity index (χ4v) is 1.79. The summed E-state index contributed by atoms with van der Waals surface area (Å²) in [6.45, 7) is 0. The lowest BCUT2D eigenvalue weighted by Crippen LogP contribution is -2.21. The summed E-state index contributed by atoms with van der Waals surface area (Å²) in [7, 11) is 1.21. The fraction of sp³-hybridized carbons (Fsp3) is 0.333. The van der Waals surface area contributed by atoms with Crippen LogP contribution in [0.5, 0.6) is 0 Å². The first-order valence-electron chi connectivity index (χ1n) is 5.01. The number of ether oxygens (including phenoxy) is 1. The van der Waals surface area contributed by atoms with Gasteiger partial charge in [-0.1, -0.05) is 6.07 Å². The second-order valence-electron chi connectivity index (χ2n) is 3.87. The molecule has 0 radical (unpaired) electrons. The molecule has 0 amide bonds. The molecule has 0 bridgehead atoms. The van der Waals surface area contributed by atoms with E-state index >= 15 is 0 Å². The van der Waals surface area contributed by atoms with Crippen molar-refractivity contribution in [3.63, 3.8) is 0 Å². The lowest BCUT2D eigenvalue weighted by Gasteiger charge is -2.24. The summed E-state index contributed by atoms with van der Waals surface area (Å²) in [5.74, 6) is -0.961. The Labute approximate surface area is 92.2 Å². The van der Waals surface area contributed by atoms with Crippen molar-refractivity contribution in [2.24, 2.45) is 0 Å². The highest BCUT2D eigenvalue weighted by Crippen LogP contribution is 2.34. The van der Waals surface area contributed by atoms with Gasteiger partial charge in [0.25, 0.3) is 0 Å². The summed E-state index contributed by atoms with van der Waals surface area (Å²) >= 11 is 0. The molecule has 1 aliphatic carbocycles. The SMILES string of the molecule is COC(=O)c1cc(C2CC(=O)C2)ccc1F. The number of hydrogen-bond donors (Lipinski definition) is 0. The van der Waals surface area contributed by atoms with Crippen LogP contribution in [0.3, 0.4) is 0 Å². The molecular weight excluding hydrogens is 211 g/mol. The van der Waals surface area contributed by atoms with Crippen LogP contribution >= 0.6 is 0 Å². The Morgan fingerprint density at radius 3 is 2.69 bits per heavy atom. The summed E-state index contributed by atoms with van der Waals surface area (Å²) in [5, 5.41) is 0. The van der Waals surface area contributed by atoms with E-state index < -0.39 is 11.8 Å². The van der Waals surface area contributed by atoms with Crippen LogP contribution in [0, 0.1) is 5.82 Å².